The maximum Gasteiger partial charge on any atom is 0.404 e. The zero-order chi connectivity index (χ0) is 21.7. The number of aromatic nitrogens is 3. The van der Waals surface area contributed by atoms with Gasteiger partial charge in [0.1, 0.15) is 10.9 Å². The molecule has 0 bridgehead atoms. The van der Waals surface area contributed by atoms with E-state index in [2.05, 4.69) is 18.8 Å². The van der Waals surface area contributed by atoms with Gasteiger partial charge in [0.25, 0.3) is 0 Å². The maximum atomic E-state index is 11.2. The molecule has 0 aliphatic heterocycles. The van der Waals surface area contributed by atoms with Crippen molar-refractivity contribution in [1.29, 1.82) is 0 Å². The van der Waals surface area contributed by atoms with Crippen molar-refractivity contribution in [1.82, 2.24) is 14.5 Å². The molecular formula is C21H22Cl2N4O2S. The minimum absolute atomic E-state index is 0.00582. The fourth-order valence-corrected chi connectivity index (χ4v) is 4.88. The monoisotopic (exact) mass is 464 g/mol. The van der Waals surface area contributed by atoms with Crippen molar-refractivity contribution >= 4 is 41.1 Å². The number of carbonyl (C=O) groups excluding carboxylic acids is 1. The number of nitrogens with zero attached hydrogens (tertiary/aromatic N) is 3. The number of hydrogen-bond donors (Lipinski definition) is 1. The highest BCUT2D eigenvalue weighted by atomic mass is 35.5. The van der Waals surface area contributed by atoms with Crippen LogP contribution in [0.5, 0.6) is 0 Å². The van der Waals surface area contributed by atoms with Gasteiger partial charge in [0.15, 0.2) is 6.61 Å². The van der Waals surface area contributed by atoms with Crippen LogP contribution in [0, 0.1) is 0 Å². The van der Waals surface area contributed by atoms with Gasteiger partial charge in [0, 0.05) is 39.8 Å². The van der Waals surface area contributed by atoms with Crippen LogP contribution >= 0.6 is 35.0 Å². The van der Waals surface area contributed by atoms with Crippen molar-refractivity contribution in [3.8, 4) is 0 Å². The minimum Gasteiger partial charge on any atom is -0.442 e. The van der Waals surface area contributed by atoms with Crippen molar-refractivity contribution in [3.05, 3.63) is 69.9 Å². The molecule has 0 saturated heterocycles. The molecule has 1 amide bonds. The summed E-state index contributed by atoms with van der Waals surface area (Å²) in [6.07, 6.45) is 1.63. The van der Waals surface area contributed by atoms with Crippen molar-refractivity contribution in [2.75, 3.05) is 0 Å². The summed E-state index contributed by atoms with van der Waals surface area (Å²) in [5.74, 6) is 0.787. The van der Waals surface area contributed by atoms with E-state index in [0.29, 0.717) is 28.8 Å². The number of hydrogen-bond acceptors (Lipinski definition) is 5. The fourth-order valence-electron chi connectivity index (χ4n) is 2.93. The van der Waals surface area contributed by atoms with Gasteiger partial charge in [-0.05, 0) is 36.2 Å². The number of imidazole rings is 1. The van der Waals surface area contributed by atoms with Crippen LogP contribution in [0.2, 0.25) is 10.0 Å². The Kier molecular flexibility index (Phi) is 7.64. The third kappa shape index (κ3) is 5.90. The topological polar surface area (TPSA) is 83.0 Å². The number of primary amides is 1. The summed E-state index contributed by atoms with van der Waals surface area (Å²) in [4.78, 5) is 21.2. The van der Waals surface area contributed by atoms with Crippen molar-refractivity contribution < 1.29 is 9.53 Å². The number of rotatable bonds is 8. The molecule has 3 aromatic rings. The smallest absolute Gasteiger partial charge is 0.404 e. The standard InChI is InChI=1S/C21H22Cl2N4O2S/c1-13(2)19-20(30-17-10-14(22)9-15(23)11-17)27(18(26-19)12-29-21(24)28)8-6-16-5-3-4-7-25-16/h3-5,7,9-11,13H,6,8,12H2,1-2H3,(H2,24,28). The molecule has 3 rings (SSSR count). The van der Waals surface area contributed by atoms with Gasteiger partial charge in [-0.2, -0.15) is 0 Å². The Morgan fingerprint density at radius 1 is 1.23 bits per heavy atom. The summed E-state index contributed by atoms with van der Waals surface area (Å²) in [6.45, 7) is 4.75. The van der Waals surface area contributed by atoms with Crippen LogP contribution in [-0.2, 0) is 24.3 Å². The van der Waals surface area contributed by atoms with E-state index in [-0.39, 0.29) is 12.5 Å². The zero-order valence-corrected chi connectivity index (χ0v) is 19.0. The van der Waals surface area contributed by atoms with Gasteiger partial charge in [0.2, 0.25) is 0 Å². The first kappa shape index (κ1) is 22.5. The summed E-state index contributed by atoms with van der Waals surface area (Å²) in [6, 6.07) is 11.2. The van der Waals surface area contributed by atoms with Gasteiger partial charge in [-0.1, -0.05) is 54.9 Å². The van der Waals surface area contributed by atoms with Crippen LogP contribution in [0.4, 0.5) is 4.79 Å². The first-order valence-electron chi connectivity index (χ1n) is 9.39. The molecule has 2 heterocycles. The Bertz CT molecular complexity index is 1010. The number of benzene rings is 1. The second kappa shape index (κ2) is 10.2. The van der Waals surface area contributed by atoms with Crippen LogP contribution in [0.25, 0.3) is 0 Å². The van der Waals surface area contributed by atoms with E-state index in [9.17, 15) is 4.79 Å². The lowest BCUT2D eigenvalue weighted by Crippen LogP contribution is -2.16. The predicted molar refractivity (Wildman–Crippen MR) is 119 cm³/mol. The highest BCUT2D eigenvalue weighted by molar-refractivity contribution is 7.99. The molecule has 2 aromatic heterocycles. The molecule has 0 aliphatic carbocycles. The third-order valence-electron chi connectivity index (χ3n) is 4.28. The number of halogens is 2. The van der Waals surface area contributed by atoms with E-state index in [1.807, 2.05) is 34.9 Å². The third-order valence-corrected chi connectivity index (χ3v) is 5.81. The van der Waals surface area contributed by atoms with E-state index in [1.54, 1.807) is 12.3 Å². The molecule has 0 spiro atoms. The summed E-state index contributed by atoms with van der Waals surface area (Å²) < 4.78 is 7.09. The Hall–Kier alpha value is -2.22. The Morgan fingerprint density at radius 3 is 2.57 bits per heavy atom. The molecule has 158 valence electrons. The number of amides is 1. The van der Waals surface area contributed by atoms with Crippen LogP contribution in [-0.4, -0.2) is 20.6 Å². The first-order valence-corrected chi connectivity index (χ1v) is 11.0. The lowest BCUT2D eigenvalue weighted by molar-refractivity contribution is 0.145. The molecule has 2 N–H and O–H groups in total. The molecule has 1 aromatic carbocycles. The minimum atomic E-state index is -0.837. The molecule has 30 heavy (non-hydrogen) atoms. The molecule has 9 heteroatoms. The number of nitrogens with two attached hydrogens (primary N) is 1. The van der Waals surface area contributed by atoms with E-state index in [1.165, 1.54) is 11.8 Å². The van der Waals surface area contributed by atoms with Crippen molar-refractivity contribution in [2.24, 2.45) is 5.73 Å². The van der Waals surface area contributed by atoms with E-state index < -0.39 is 6.09 Å². The largest absolute Gasteiger partial charge is 0.442 e. The lowest BCUT2D eigenvalue weighted by Gasteiger charge is -2.13. The van der Waals surface area contributed by atoms with Gasteiger partial charge < -0.3 is 15.0 Å². The van der Waals surface area contributed by atoms with E-state index >= 15 is 0 Å². The summed E-state index contributed by atoms with van der Waals surface area (Å²) >= 11 is 13.9. The quantitative estimate of drug-likeness (QED) is 0.462. The Labute approximate surface area is 189 Å². The lowest BCUT2D eigenvalue weighted by atomic mass is 10.1. The second-order valence-corrected chi connectivity index (χ2v) is 8.85. The molecule has 0 atom stereocenters. The van der Waals surface area contributed by atoms with Gasteiger partial charge in [-0.25, -0.2) is 9.78 Å². The molecule has 0 aliphatic rings. The Balaban J connectivity index is 2.00. The van der Waals surface area contributed by atoms with Crippen LogP contribution in [0.15, 0.2) is 52.5 Å². The van der Waals surface area contributed by atoms with Gasteiger partial charge >= 0.3 is 6.09 Å². The fraction of sp³-hybridized carbons (Fsp3) is 0.286. The highest BCUT2D eigenvalue weighted by Gasteiger charge is 2.21. The average molecular weight is 465 g/mol. The molecule has 0 fully saturated rings. The summed E-state index contributed by atoms with van der Waals surface area (Å²) in [5, 5.41) is 2.07. The normalized spacial score (nSPS) is 11.1. The zero-order valence-electron chi connectivity index (χ0n) is 16.6. The molecule has 6 nitrogen and oxygen atoms in total. The van der Waals surface area contributed by atoms with Gasteiger partial charge in [0.05, 0.1) is 5.69 Å². The first-order chi connectivity index (χ1) is 14.3. The summed E-state index contributed by atoms with van der Waals surface area (Å²) in [7, 11) is 0. The van der Waals surface area contributed by atoms with Gasteiger partial charge in [-0.15, -0.1) is 0 Å². The number of ether oxygens (including phenoxy) is 1. The number of carbonyl (C=O) groups is 1. The van der Waals surface area contributed by atoms with Crippen LogP contribution in [0.1, 0.15) is 37.0 Å². The van der Waals surface area contributed by atoms with Crippen LogP contribution < -0.4 is 5.73 Å². The van der Waals surface area contributed by atoms with Gasteiger partial charge in [-0.3, -0.25) is 4.98 Å². The van der Waals surface area contributed by atoms with Crippen molar-refractivity contribution in [3.63, 3.8) is 0 Å². The summed E-state index contributed by atoms with van der Waals surface area (Å²) in [5.41, 5.74) is 7.04. The average Bonchev–Trinajstić information content (AvgIpc) is 3.02. The highest BCUT2D eigenvalue weighted by Crippen LogP contribution is 2.37. The Morgan fingerprint density at radius 2 is 1.97 bits per heavy atom. The second-order valence-electron chi connectivity index (χ2n) is 6.91. The maximum absolute atomic E-state index is 11.2. The number of pyridine rings is 1. The molecule has 0 radical (unpaired) electrons. The molecule has 0 unspecified atom stereocenters. The molecule has 0 saturated carbocycles. The predicted octanol–water partition coefficient (Wildman–Crippen LogP) is 5.70. The number of aryl methyl sites for hydroxylation is 1. The van der Waals surface area contributed by atoms with Crippen molar-refractivity contribution in [2.45, 2.75) is 49.3 Å². The SMILES string of the molecule is CC(C)c1nc(COC(N)=O)n(CCc2ccccn2)c1Sc1cc(Cl)cc(Cl)c1. The van der Waals surface area contributed by atoms with E-state index in [4.69, 9.17) is 38.7 Å². The van der Waals surface area contributed by atoms with Crippen LogP contribution in [0.3, 0.4) is 0 Å². The molecular weight excluding hydrogens is 443 g/mol. The van der Waals surface area contributed by atoms with E-state index in [0.717, 1.165) is 21.3 Å².